The lowest BCUT2D eigenvalue weighted by Gasteiger charge is -2.16. The summed E-state index contributed by atoms with van der Waals surface area (Å²) in [6.07, 6.45) is 5.13. The molecule has 0 aliphatic heterocycles. The number of pyridine rings is 1. The summed E-state index contributed by atoms with van der Waals surface area (Å²) in [5.74, 6) is 0.776. The molecule has 2 aromatic heterocycles. The van der Waals surface area contributed by atoms with Gasteiger partial charge in [-0.15, -0.1) is 0 Å². The molecule has 0 fully saturated rings. The summed E-state index contributed by atoms with van der Waals surface area (Å²) in [6.45, 7) is 0. The molecule has 0 spiro atoms. The van der Waals surface area contributed by atoms with Crippen molar-refractivity contribution in [1.82, 2.24) is 9.38 Å². The van der Waals surface area contributed by atoms with Crippen LogP contribution in [0, 0.1) is 0 Å². The van der Waals surface area contributed by atoms with Gasteiger partial charge in [0.1, 0.15) is 5.65 Å². The first-order chi connectivity index (χ1) is 9.72. The van der Waals surface area contributed by atoms with E-state index in [-0.39, 0.29) is 5.56 Å². The monoisotopic (exact) mass is 271 g/mol. The summed E-state index contributed by atoms with van der Waals surface area (Å²) in [7, 11) is 1.59. The van der Waals surface area contributed by atoms with Crippen LogP contribution in [0.2, 0.25) is 0 Å². The summed E-state index contributed by atoms with van der Waals surface area (Å²) in [5.41, 5.74) is 2.42. The normalized spacial score (nSPS) is 13.6. The first kappa shape index (κ1) is 12.4. The second-order valence-electron chi connectivity index (χ2n) is 4.51. The van der Waals surface area contributed by atoms with Crippen LogP contribution < -0.4 is 10.9 Å². The van der Waals surface area contributed by atoms with E-state index in [1.807, 2.05) is 6.08 Å². The fraction of sp³-hybridized carbons (Fsp3) is 0.214. The van der Waals surface area contributed by atoms with Crippen molar-refractivity contribution >= 4 is 17.7 Å². The number of ether oxygens (including phenoxy) is 1. The van der Waals surface area contributed by atoms with Gasteiger partial charge in [0, 0.05) is 24.6 Å². The Morgan fingerprint density at radius 3 is 3.05 bits per heavy atom. The van der Waals surface area contributed by atoms with E-state index in [1.165, 1.54) is 4.40 Å². The van der Waals surface area contributed by atoms with Crippen molar-refractivity contribution in [2.45, 2.75) is 12.8 Å². The van der Waals surface area contributed by atoms with E-state index in [0.717, 1.165) is 11.5 Å². The number of allylic oxidation sites excluding steroid dienone is 2. The quantitative estimate of drug-likeness (QED) is 0.841. The van der Waals surface area contributed by atoms with Crippen LogP contribution in [0.25, 0.3) is 5.65 Å². The van der Waals surface area contributed by atoms with E-state index in [4.69, 9.17) is 4.74 Å². The number of nitrogens with one attached hydrogen (secondary N) is 1. The highest BCUT2D eigenvalue weighted by Crippen LogP contribution is 2.18. The fourth-order valence-corrected chi connectivity index (χ4v) is 2.33. The van der Waals surface area contributed by atoms with Gasteiger partial charge in [0.2, 0.25) is 6.41 Å². The Kier molecular flexibility index (Phi) is 2.98. The number of methoxy groups -OCH3 is 1. The molecular formula is C14H13N3O3. The van der Waals surface area contributed by atoms with Gasteiger partial charge in [-0.3, -0.25) is 14.0 Å². The minimum absolute atomic E-state index is 0.123. The van der Waals surface area contributed by atoms with Gasteiger partial charge in [0.05, 0.1) is 24.3 Å². The van der Waals surface area contributed by atoms with E-state index >= 15 is 0 Å². The topological polar surface area (TPSA) is 72.7 Å². The number of aromatic nitrogens is 2. The minimum Gasteiger partial charge on any atom is -0.501 e. The Morgan fingerprint density at radius 2 is 2.30 bits per heavy atom. The van der Waals surface area contributed by atoms with Crippen molar-refractivity contribution in [2.75, 3.05) is 12.4 Å². The zero-order chi connectivity index (χ0) is 14.1. The molecule has 1 amide bonds. The third kappa shape index (κ3) is 1.95. The standard InChI is InChI=1S/C14H13N3O3/c1-20-10-3-4-12-11(6-10)14(19)17-7-9(15-8-18)2-5-13(17)16-12/h2-3,5,7-8H,4,6H2,1H3,(H,15,18). The molecule has 0 saturated heterocycles. The van der Waals surface area contributed by atoms with Crippen molar-refractivity contribution < 1.29 is 9.53 Å². The van der Waals surface area contributed by atoms with E-state index in [2.05, 4.69) is 10.3 Å². The van der Waals surface area contributed by atoms with Crippen LogP contribution in [0.1, 0.15) is 11.3 Å². The summed E-state index contributed by atoms with van der Waals surface area (Å²) < 4.78 is 6.65. The molecule has 1 N–H and O–H groups in total. The lowest BCUT2D eigenvalue weighted by atomic mass is 10.0. The van der Waals surface area contributed by atoms with Crippen LogP contribution in [0.4, 0.5) is 5.69 Å². The highest BCUT2D eigenvalue weighted by atomic mass is 16.5. The van der Waals surface area contributed by atoms with Crippen LogP contribution >= 0.6 is 0 Å². The molecule has 1 aliphatic rings. The molecule has 1 aliphatic carbocycles. The maximum Gasteiger partial charge on any atom is 0.261 e. The smallest absolute Gasteiger partial charge is 0.261 e. The number of amides is 1. The molecule has 0 aromatic carbocycles. The molecule has 6 nitrogen and oxygen atoms in total. The first-order valence-corrected chi connectivity index (χ1v) is 6.20. The zero-order valence-electron chi connectivity index (χ0n) is 10.9. The van der Waals surface area contributed by atoms with Crippen LogP contribution in [-0.4, -0.2) is 22.9 Å². The molecule has 2 heterocycles. The number of carbonyl (C=O) groups is 1. The zero-order valence-corrected chi connectivity index (χ0v) is 10.9. The number of hydrogen-bond acceptors (Lipinski definition) is 4. The molecule has 0 unspecified atom stereocenters. The van der Waals surface area contributed by atoms with Gasteiger partial charge >= 0.3 is 0 Å². The summed E-state index contributed by atoms with van der Waals surface area (Å²) in [4.78, 5) is 27.5. The van der Waals surface area contributed by atoms with E-state index in [0.29, 0.717) is 36.1 Å². The number of nitrogens with zero attached hydrogens (tertiary/aromatic N) is 2. The number of fused-ring (bicyclic) bond motifs is 2. The summed E-state index contributed by atoms with van der Waals surface area (Å²) in [6, 6.07) is 3.42. The lowest BCUT2D eigenvalue weighted by Crippen LogP contribution is -2.25. The van der Waals surface area contributed by atoms with Crippen LogP contribution in [0.5, 0.6) is 0 Å². The summed E-state index contributed by atoms with van der Waals surface area (Å²) in [5, 5.41) is 2.52. The van der Waals surface area contributed by atoms with Gasteiger partial charge in [-0.05, 0) is 18.2 Å². The Bertz CT molecular complexity index is 777. The third-order valence-corrected chi connectivity index (χ3v) is 3.36. The molecule has 2 aromatic rings. The van der Waals surface area contributed by atoms with Gasteiger partial charge in [-0.2, -0.15) is 0 Å². The number of carbonyl (C=O) groups excluding carboxylic acids is 1. The second-order valence-corrected chi connectivity index (χ2v) is 4.51. The maximum atomic E-state index is 12.5. The van der Waals surface area contributed by atoms with Crippen LogP contribution in [-0.2, 0) is 22.4 Å². The maximum absolute atomic E-state index is 12.5. The minimum atomic E-state index is -0.123. The molecule has 20 heavy (non-hydrogen) atoms. The Hall–Kier alpha value is -2.63. The SMILES string of the molecule is COC1=CCc2nc3ccc(NC=O)cn3c(=O)c2C1. The van der Waals surface area contributed by atoms with Crippen molar-refractivity contribution in [3.05, 3.63) is 51.8 Å². The van der Waals surface area contributed by atoms with Crippen LogP contribution in [0.15, 0.2) is 35.0 Å². The Labute approximate surface area is 114 Å². The van der Waals surface area contributed by atoms with Crippen molar-refractivity contribution in [1.29, 1.82) is 0 Å². The van der Waals surface area contributed by atoms with Gasteiger partial charge in [0.25, 0.3) is 5.56 Å². The molecule has 0 bridgehead atoms. The predicted molar refractivity (Wildman–Crippen MR) is 73.6 cm³/mol. The van der Waals surface area contributed by atoms with Gasteiger partial charge in [0.15, 0.2) is 0 Å². The number of rotatable bonds is 3. The van der Waals surface area contributed by atoms with Gasteiger partial charge in [-0.25, -0.2) is 4.98 Å². The molecule has 0 radical (unpaired) electrons. The predicted octanol–water partition coefficient (Wildman–Crippen LogP) is 0.892. The van der Waals surface area contributed by atoms with Crippen molar-refractivity contribution in [2.24, 2.45) is 0 Å². The molecular weight excluding hydrogens is 258 g/mol. The fourth-order valence-electron chi connectivity index (χ4n) is 2.33. The van der Waals surface area contributed by atoms with Crippen LogP contribution in [0.3, 0.4) is 0 Å². The molecule has 0 atom stereocenters. The Balaban J connectivity index is 2.19. The van der Waals surface area contributed by atoms with Crippen molar-refractivity contribution in [3.8, 4) is 0 Å². The van der Waals surface area contributed by atoms with Crippen molar-refractivity contribution in [3.63, 3.8) is 0 Å². The Morgan fingerprint density at radius 1 is 1.45 bits per heavy atom. The average Bonchev–Trinajstić information content (AvgIpc) is 2.48. The number of anilines is 1. The summed E-state index contributed by atoms with van der Waals surface area (Å²) >= 11 is 0. The van der Waals surface area contributed by atoms with E-state index < -0.39 is 0 Å². The lowest BCUT2D eigenvalue weighted by molar-refractivity contribution is -0.105. The van der Waals surface area contributed by atoms with E-state index in [9.17, 15) is 9.59 Å². The largest absolute Gasteiger partial charge is 0.501 e. The van der Waals surface area contributed by atoms with Gasteiger partial charge in [-0.1, -0.05) is 0 Å². The average molecular weight is 271 g/mol. The molecule has 102 valence electrons. The van der Waals surface area contributed by atoms with E-state index in [1.54, 1.807) is 25.4 Å². The third-order valence-electron chi connectivity index (χ3n) is 3.36. The molecule has 0 saturated carbocycles. The molecule has 3 rings (SSSR count). The highest BCUT2D eigenvalue weighted by Gasteiger charge is 2.18. The highest BCUT2D eigenvalue weighted by molar-refractivity contribution is 5.71. The number of hydrogen-bond donors (Lipinski definition) is 1. The first-order valence-electron chi connectivity index (χ1n) is 6.20. The van der Waals surface area contributed by atoms with Gasteiger partial charge < -0.3 is 10.1 Å². The second kappa shape index (κ2) is 4.80. The molecule has 6 heteroatoms.